The number of hydrogen-bond donors (Lipinski definition) is 0. The maximum Gasteiger partial charge on any atom is 0.253 e. The molecule has 5 heteroatoms. The minimum absolute atomic E-state index is 0.0531. The first-order chi connectivity index (χ1) is 11.6. The van der Waals surface area contributed by atoms with E-state index >= 15 is 0 Å². The second kappa shape index (κ2) is 8.83. The van der Waals surface area contributed by atoms with E-state index in [1.807, 2.05) is 9.80 Å². The summed E-state index contributed by atoms with van der Waals surface area (Å²) in [4.78, 5) is 31.1. The lowest BCUT2D eigenvalue weighted by Gasteiger charge is -2.32. The van der Waals surface area contributed by atoms with E-state index in [1.54, 1.807) is 24.3 Å². The van der Waals surface area contributed by atoms with Crippen molar-refractivity contribution in [1.82, 2.24) is 14.7 Å². The van der Waals surface area contributed by atoms with E-state index in [0.29, 0.717) is 11.1 Å². The third kappa shape index (κ3) is 4.57. The van der Waals surface area contributed by atoms with Gasteiger partial charge in [0.15, 0.2) is 0 Å². The maximum atomic E-state index is 12.6. The quantitative estimate of drug-likeness (QED) is 0.804. The van der Waals surface area contributed by atoms with E-state index in [2.05, 4.69) is 25.8 Å². The molecule has 0 atom stereocenters. The summed E-state index contributed by atoms with van der Waals surface area (Å²) in [6.07, 6.45) is 1.90. The van der Waals surface area contributed by atoms with Crippen LogP contribution >= 0.6 is 0 Å². The summed E-state index contributed by atoms with van der Waals surface area (Å²) >= 11 is 0. The van der Waals surface area contributed by atoms with Crippen molar-refractivity contribution in [2.45, 2.75) is 26.7 Å². The van der Waals surface area contributed by atoms with Gasteiger partial charge >= 0.3 is 0 Å². The molecule has 1 aliphatic heterocycles. The van der Waals surface area contributed by atoms with Gasteiger partial charge in [-0.2, -0.15) is 0 Å². The number of carbonyl (C=O) groups excluding carboxylic acids is 2. The number of hydrogen-bond acceptors (Lipinski definition) is 3. The van der Waals surface area contributed by atoms with Gasteiger partial charge in [0.1, 0.15) is 0 Å². The SMILES string of the molecule is CCCN(CCC)C(=O)c1ccc(C(=O)N2CCN(C)CC2)cc1. The van der Waals surface area contributed by atoms with Crippen molar-refractivity contribution in [3.63, 3.8) is 0 Å². The molecule has 0 spiro atoms. The van der Waals surface area contributed by atoms with Crippen LogP contribution in [-0.4, -0.2) is 72.8 Å². The van der Waals surface area contributed by atoms with E-state index in [4.69, 9.17) is 0 Å². The Morgan fingerprint density at radius 2 is 1.42 bits per heavy atom. The number of carbonyl (C=O) groups is 2. The first-order valence-corrected chi connectivity index (χ1v) is 8.94. The second-order valence-corrected chi connectivity index (χ2v) is 6.47. The molecule has 1 fully saturated rings. The molecule has 1 aliphatic rings. The predicted molar refractivity (Wildman–Crippen MR) is 96.3 cm³/mol. The smallest absolute Gasteiger partial charge is 0.253 e. The van der Waals surface area contributed by atoms with Crippen molar-refractivity contribution >= 4 is 11.8 Å². The molecule has 5 nitrogen and oxygen atoms in total. The molecule has 0 bridgehead atoms. The molecular formula is C19H29N3O2. The van der Waals surface area contributed by atoms with Gasteiger partial charge < -0.3 is 14.7 Å². The van der Waals surface area contributed by atoms with Gasteiger partial charge in [-0.1, -0.05) is 13.8 Å². The van der Waals surface area contributed by atoms with E-state index < -0.39 is 0 Å². The minimum Gasteiger partial charge on any atom is -0.339 e. The van der Waals surface area contributed by atoms with Gasteiger partial charge in [-0.25, -0.2) is 0 Å². The van der Waals surface area contributed by atoms with Crippen molar-refractivity contribution in [1.29, 1.82) is 0 Å². The fraction of sp³-hybridized carbons (Fsp3) is 0.579. The second-order valence-electron chi connectivity index (χ2n) is 6.47. The van der Waals surface area contributed by atoms with Crippen LogP contribution in [0.25, 0.3) is 0 Å². The van der Waals surface area contributed by atoms with Crippen molar-refractivity contribution < 1.29 is 9.59 Å². The molecule has 0 saturated carbocycles. The summed E-state index contributed by atoms with van der Waals surface area (Å²) in [5.41, 5.74) is 1.32. The zero-order valence-electron chi connectivity index (χ0n) is 15.1. The number of amides is 2. The summed E-state index contributed by atoms with van der Waals surface area (Å²) in [6, 6.07) is 7.13. The number of benzene rings is 1. The number of rotatable bonds is 6. The van der Waals surface area contributed by atoms with Crippen LogP contribution in [0, 0.1) is 0 Å². The third-order valence-electron chi connectivity index (χ3n) is 4.44. The first kappa shape index (κ1) is 18.5. The lowest BCUT2D eigenvalue weighted by Crippen LogP contribution is -2.47. The zero-order valence-corrected chi connectivity index (χ0v) is 15.1. The molecule has 0 N–H and O–H groups in total. The number of likely N-dealkylation sites (N-methyl/N-ethyl adjacent to an activating group) is 1. The standard InChI is InChI=1S/C19H29N3O2/c1-4-10-21(11-5-2)18(23)16-6-8-17(9-7-16)19(24)22-14-12-20(3)13-15-22/h6-9H,4-5,10-15H2,1-3H3. The highest BCUT2D eigenvalue weighted by molar-refractivity contribution is 5.97. The van der Waals surface area contributed by atoms with Gasteiger partial charge in [0.05, 0.1) is 0 Å². The molecule has 1 saturated heterocycles. The van der Waals surface area contributed by atoms with Crippen molar-refractivity contribution in [3.8, 4) is 0 Å². The molecule has 0 unspecified atom stereocenters. The summed E-state index contributed by atoms with van der Waals surface area (Å²) < 4.78 is 0. The normalized spacial score (nSPS) is 15.4. The maximum absolute atomic E-state index is 12.6. The Hall–Kier alpha value is -1.88. The fourth-order valence-corrected chi connectivity index (χ4v) is 2.98. The van der Waals surface area contributed by atoms with Gasteiger partial charge in [0, 0.05) is 50.4 Å². The van der Waals surface area contributed by atoms with Crippen molar-refractivity contribution in [2.24, 2.45) is 0 Å². The van der Waals surface area contributed by atoms with Crippen LogP contribution in [0.3, 0.4) is 0 Å². The third-order valence-corrected chi connectivity index (χ3v) is 4.44. The lowest BCUT2D eigenvalue weighted by molar-refractivity contribution is 0.0662. The molecule has 0 aromatic heterocycles. The Balaban J connectivity index is 2.04. The Kier molecular flexibility index (Phi) is 6.79. The summed E-state index contributed by atoms with van der Waals surface area (Å²) in [7, 11) is 2.07. The van der Waals surface area contributed by atoms with E-state index in [0.717, 1.165) is 52.1 Å². The van der Waals surface area contributed by atoms with Crippen LogP contribution in [-0.2, 0) is 0 Å². The molecule has 1 aromatic rings. The highest BCUT2D eigenvalue weighted by Crippen LogP contribution is 2.12. The van der Waals surface area contributed by atoms with Crippen LogP contribution < -0.4 is 0 Å². The van der Waals surface area contributed by atoms with Gasteiger partial charge in [0.25, 0.3) is 11.8 Å². The van der Waals surface area contributed by atoms with Crippen LogP contribution in [0.1, 0.15) is 47.4 Å². The Morgan fingerprint density at radius 3 is 1.92 bits per heavy atom. The van der Waals surface area contributed by atoms with E-state index in [9.17, 15) is 9.59 Å². The monoisotopic (exact) mass is 331 g/mol. The average molecular weight is 331 g/mol. The van der Waals surface area contributed by atoms with Crippen molar-refractivity contribution in [2.75, 3.05) is 46.3 Å². The van der Waals surface area contributed by atoms with E-state index in [-0.39, 0.29) is 11.8 Å². The summed E-state index contributed by atoms with van der Waals surface area (Å²) in [6.45, 7) is 9.04. The topological polar surface area (TPSA) is 43.9 Å². The number of piperazine rings is 1. The largest absolute Gasteiger partial charge is 0.339 e. The van der Waals surface area contributed by atoms with Crippen LogP contribution in [0.2, 0.25) is 0 Å². The van der Waals surface area contributed by atoms with Gasteiger partial charge in [-0.05, 0) is 44.2 Å². The van der Waals surface area contributed by atoms with Crippen LogP contribution in [0.5, 0.6) is 0 Å². The lowest BCUT2D eigenvalue weighted by atomic mass is 10.1. The molecular weight excluding hydrogens is 302 g/mol. The van der Waals surface area contributed by atoms with Crippen molar-refractivity contribution in [3.05, 3.63) is 35.4 Å². The fourth-order valence-electron chi connectivity index (χ4n) is 2.98. The van der Waals surface area contributed by atoms with Crippen LogP contribution in [0.4, 0.5) is 0 Å². The minimum atomic E-state index is 0.0531. The zero-order chi connectivity index (χ0) is 17.5. The Labute approximate surface area is 145 Å². The molecule has 0 aliphatic carbocycles. The molecule has 0 radical (unpaired) electrons. The highest BCUT2D eigenvalue weighted by Gasteiger charge is 2.21. The Bertz CT molecular complexity index is 542. The van der Waals surface area contributed by atoms with E-state index in [1.165, 1.54) is 0 Å². The molecule has 2 amide bonds. The summed E-state index contributed by atoms with van der Waals surface area (Å²) in [5, 5.41) is 0. The molecule has 2 rings (SSSR count). The molecule has 24 heavy (non-hydrogen) atoms. The molecule has 1 heterocycles. The van der Waals surface area contributed by atoms with Gasteiger partial charge in [-0.15, -0.1) is 0 Å². The molecule has 132 valence electrons. The van der Waals surface area contributed by atoms with Crippen LogP contribution in [0.15, 0.2) is 24.3 Å². The predicted octanol–water partition coefficient (Wildman–Crippen LogP) is 2.34. The average Bonchev–Trinajstić information content (AvgIpc) is 2.61. The molecule has 1 aromatic carbocycles. The first-order valence-electron chi connectivity index (χ1n) is 8.94. The van der Waals surface area contributed by atoms with Gasteiger partial charge in [-0.3, -0.25) is 9.59 Å². The summed E-state index contributed by atoms with van der Waals surface area (Å²) in [5.74, 6) is 0.110. The Morgan fingerprint density at radius 1 is 0.917 bits per heavy atom. The van der Waals surface area contributed by atoms with Gasteiger partial charge in [0.2, 0.25) is 0 Å². The number of nitrogens with zero attached hydrogens (tertiary/aromatic N) is 3. The highest BCUT2D eigenvalue weighted by atomic mass is 16.2.